The molecule has 0 bridgehead atoms. The van der Waals surface area contributed by atoms with Crippen molar-refractivity contribution in [3.8, 4) is 0 Å². The summed E-state index contributed by atoms with van der Waals surface area (Å²) in [7, 11) is 1.07. The Morgan fingerprint density at radius 1 is 1.10 bits per heavy atom. The van der Waals surface area contributed by atoms with Crippen LogP contribution in [0, 0.1) is 5.41 Å². The van der Waals surface area contributed by atoms with Crippen LogP contribution in [0.5, 0.6) is 0 Å². The smallest absolute Gasteiger partial charge is 0.0775 e. The molecule has 0 aliphatic carbocycles. The first-order chi connectivity index (χ1) is 9.78. The topological polar surface area (TPSA) is 15.3 Å². The van der Waals surface area contributed by atoms with Crippen molar-refractivity contribution in [3.63, 3.8) is 0 Å². The van der Waals surface area contributed by atoms with E-state index in [0.717, 1.165) is 13.1 Å². The van der Waals surface area contributed by atoms with Gasteiger partial charge < -0.3 is 10.2 Å². The molecule has 0 aromatic heterocycles. The molecule has 1 saturated heterocycles. The number of nitrogens with one attached hydrogen (secondary N) is 1. The summed E-state index contributed by atoms with van der Waals surface area (Å²) in [6, 6.07) is 9.27. The predicted octanol–water partition coefficient (Wildman–Crippen LogP) is 3.05. The van der Waals surface area contributed by atoms with Gasteiger partial charge in [-0.25, -0.2) is 0 Å². The maximum Gasteiger partial charge on any atom is 0.0775 e. The highest BCUT2D eigenvalue weighted by molar-refractivity contribution is 6.88. The molecule has 3 heteroatoms. The van der Waals surface area contributed by atoms with Crippen molar-refractivity contribution in [1.82, 2.24) is 10.2 Å². The molecule has 0 spiro atoms. The number of rotatable bonds is 5. The van der Waals surface area contributed by atoms with E-state index in [4.69, 9.17) is 0 Å². The quantitative estimate of drug-likeness (QED) is 0.841. The number of hydrogen-bond donors (Lipinski definition) is 1. The van der Waals surface area contributed by atoms with Crippen LogP contribution in [0.2, 0.25) is 19.6 Å². The lowest BCUT2D eigenvalue weighted by molar-refractivity contribution is 0.137. The molecule has 1 aliphatic heterocycles. The van der Waals surface area contributed by atoms with Crippen LogP contribution in [0.3, 0.4) is 0 Å². The Labute approximate surface area is 131 Å². The second kappa shape index (κ2) is 6.63. The zero-order chi connectivity index (χ0) is 15.5. The molecule has 0 saturated carbocycles. The number of likely N-dealkylation sites (tertiary alicyclic amines) is 1. The zero-order valence-electron chi connectivity index (χ0n) is 14.5. The van der Waals surface area contributed by atoms with Crippen molar-refractivity contribution in [2.75, 3.05) is 26.7 Å². The summed E-state index contributed by atoms with van der Waals surface area (Å²) in [5, 5.41) is 5.23. The van der Waals surface area contributed by atoms with Gasteiger partial charge in [-0.1, -0.05) is 56.0 Å². The van der Waals surface area contributed by atoms with E-state index in [1.54, 1.807) is 5.19 Å². The second-order valence-corrected chi connectivity index (χ2v) is 13.2. The van der Waals surface area contributed by atoms with E-state index in [2.05, 4.69) is 68.1 Å². The molecule has 1 heterocycles. The van der Waals surface area contributed by atoms with Gasteiger partial charge in [-0.15, -0.1) is 0 Å². The molecule has 21 heavy (non-hydrogen) atoms. The van der Waals surface area contributed by atoms with Crippen LogP contribution in [0.25, 0.3) is 0 Å². The van der Waals surface area contributed by atoms with Gasteiger partial charge in [0.1, 0.15) is 0 Å². The second-order valence-electron chi connectivity index (χ2n) is 8.16. The van der Waals surface area contributed by atoms with Gasteiger partial charge in [0.05, 0.1) is 8.07 Å². The van der Waals surface area contributed by atoms with Crippen molar-refractivity contribution in [3.05, 3.63) is 29.8 Å². The third kappa shape index (κ3) is 4.94. The highest BCUT2D eigenvalue weighted by Gasteiger charge is 2.28. The lowest BCUT2D eigenvalue weighted by Crippen LogP contribution is -2.42. The minimum Gasteiger partial charge on any atom is -0.312 e. The van der Waals surface area contributed by atoms with Gasteiger partial charge >= 0.3 is 0 Å². The van der Waals surface area contributed by atoms with E-state index in [0.29, 0.717) is 5.41 Å². The summed E-state index contributed by atoms with van der Waals surface area (Å²) in [5.41, 5.74) is 1.89. The van der Waals surface area contributed by atoms with Gasteiger partial charge in [-0.05, 0) is 44.0 Å². The molecule has 0 atom stereocenters. The average Bonchev–Trinajstić information content (AvgIpc) is 2.42. The Balaban J connectivity index is 1.81. The summed E-state index contributed by atoms with van der Waals surface area (Å²) in [6.45, 7) is 14.3. The minimum atomic E-state index is -1.16. The van der Waals surface area contributed by atoms with Crippen LogP contribution in [0.4, 0.5) is 0 Å². The zero-order valence-corrected chi connectivity index (χ0v) is 15.5. The van der Waals surface area contributed by atoms with Gasteiger partial charge in [-0.2, -0.15) is 0 Å². The van der Waals surface area contributed by atoms with Crippen LogP contribution in [-0.4, -0.2) is 39.7 Å². The number of benzene rings is 1. The highest BCUT2D eigenvalue weighted by atomic mass is 28.3. The van der Waals surface area contributed by atoms with Crippen LogP contribution < -0.4 is 10.5 Å². The summed E-state index contributed by atoms with van der Waals surface area (Å²) in [4.78, 5) is 2.44. The molecule has 1 N–H and O–H groups in total. The van der Waals surface area contributed by atoms with Crippen LogP contribution in [0.1, 0.15) is 25.3 Å². The maximum absolute atomic E-state index is 3.68. The lowest BCUT2D eigenvalue weighted by Gasteiger charge is -2.38. The van der Waals surface area contributed by atoms with Crippen molar-refractivity contribution < 1.29 is 0 Å². The Bertz CT molecular complexity index is 439. The molecule has 2 nitrogen and oxygen atoms in total. The van der Waals surface area contributed by atoms with Crippen molar-refractivity contribution in [2.45, 2.75) is 46.0 Å². The molecule has 0 radical (unpaired) electrons. The summed E-state index contributed by atoms with van der Waals surface area (Å²) < 4.78 is 0. The molecule has 1 aliphatic rings. The normalized spacial score (nSPS) is 19.7. The molecule has 1 aromatic rings. The van der Waals surface area contributed by atoms with Gasteiger partial charge in [0.25, 0.3) is 0 Å². The third-order valence-corrected chi connectivity index (χ3v) is 6.96. The molecule has 118 valence electrons. The van der Waals surface area contributed by atoms with Crippen LogP contribution in [-0.2, 0) is 6.54 Å². The van der Waals surface area contributed by atoms with Gasteiger partial charge in [0.2, 0.25) is 0 Å². The predicted molar refractivity (Wildman–Crippen MR) is 96.0 cm³/mol. The summed E-state index contributed by atoms with van der Waals surface area (Å²) >= 11 is 0. The Kier molecular flexibility index (Phi) is 5.28. The Hall–Kier alpha value is -0.643. The van der Waals surface area contributed by atoms with E-state index in [1.807, 2.05) is 0 Å². The monoisotopic (exact) mass is 304 g/mol. The van der Waals surface area contributed by atoms with E-state index in [-0.39, 0.29) is 0 Å². The Morgan fingerprint density at radius 3 is 2.19 bits per heavy atom. The summed E-state index contributed by atoms with van der Waals surface area (Å²) in [5.74, 6) is 0. The fourth-order valence-electron chi connectivity index (χ4n) is 2.97. The number of hydrogen-bond acceptors (Lipinski definition) is 2. The fourth-order valence-corrected chi connectivity index (χ4v) is 4.13. The summed E-state index contributed by atoms with van der Waals surface area (Å²) in [6.07, 6.45) is 2.62. The van der Waals surface area contributed by atoms with E-state index < -0.39 is 8.07 Å². The van der Waals surface area contributed by atoms with E-state index >= 15 is 0 Å². The molecule has 0 unspecified atom stereocenters. The first kappa shape index (κ1) is 16.7. The maximum atomic E-state index is 3.68. The van der Waals surface area contributed by atoms with Gasteiger partial charge in [0, 0.05) is 13.1 Å². The van der Waals surface area contributed by atoms with E-state index in [9.17, 15) is 0 Å². The SMILES string of the molecule is CN1CCC(C)(CNCc2ccc([Si](C)(C)C)cc2)CC1. The van der Waals surface area contributed by atoms with Crippen molar-refractivity contribution in [2.24, 2.45) is 5.41 Å². The van der Waals surface area contributed by atoms with Crippen molar-refractivity contribution in [1.29, 1.82) is 0 Å². The minimum absolute atomic E-state index is 0.477. The highest BCUT2D eigenvalue weighted by Crippen LogP contribution is 2.29. The first-order valence-corrected chi connectivity index (χ1v) is 11.8. The standard InChI is InChI=1S/C18H32N2Si/c1-18(10-12-20(2)13-11-18)15-19-14-16-6-8-17(9-7-16)21(3,4)5/h6-9,19H,10-15H2,1-5H3. The average molecular weight is 305 g/mol. The van der Waals surface area contributed by atoms with Crippen LogP contribution >= 0.6 is 0 Å². The fraction of sp³-hybridized carbons (Fsp3) is 0.667. The van der Waals surface area contributed by atoms with Gasteiger partial charge in [0.15, 0.2) is 0 Å². The molecule has 2 rings (SSSR count). The molecule has 0 amide bonds. The number of nitrogens with zero attached hydrogens (tertiary/aromatic N) is 1. The van der Waals surface area contributed by atoms with Gasteiger partial charge in [-0.3, -0.25) is 0 Å². The molecular weight excluding hydrogens is 272 g/mol. The first-order valence-electron chi connectivity index (χ1n) is 8.27. The number of piperidine rings is 1. The van der Waals surface area contributed by atoms with Crippen LogP contribution in [0.15, 0.2) is 24.3 Å². The van der Waals surface area contributed by atoms with E-state index in [1.165, 1.54) is 31.5 Å². The largest absolute Gasteiger partial charge is 0.312 e. The molecule has 1 aromatic carbocycles. The molecular formula is C18H32N2Si. The Morgan fingerprint density at radius 2 is 1.67 bits per heavy atom. The lowest BCUT2D eigenvalue weighted by atomic mass is 9.80. The third-order valence-electron chi connectivity index (χ3n) is 4.90. The molecule has 1 fully saturated rings. The van der Waals surface area contributed by atoms with Crippen molar-refractivity contribution >= 4 is 13.3 Å².